The standard InChI is InChI=1S/C27H44O5S/c1-22-12-6-3-4-8-14-24(15-9-5-7-13-22)32-27(29)20-23(2)33-19-11-17-26(28)31-21-25-16-10-18-30-25/h10,16,18,22-24H,3-9,11-15,17,19-21H2,1-2H3. The Balaban J connectivity index is 1.58. The molecule has 0 radical (unpaired) electrons. The van der Waals surface area contributed by atoms with Gasteiger partial charge < -0.3 is 13.9 Å². The van der Waals surface area contributed by atoms with Gasteiger partial charge in [-0.3, -0.25) is 9.59 Å². The molecule has 5 nitrogen and oxygen atoms in total. The van der Waals surface area contributed by atoms with Crippen molar-refractivity contribution in [3.05, 3.63) is 24.2 Å². The van der Waals surface area contributed by atoms with Gasteiger partial charge in [0.05, 0.1) is 12.7 Å². The summed E-state index contributed by atoms with van der Waals surface area (Å²) in [5.41, 5.74) is 0. The first-order chi connectivity index (χ1) is 16.0. The molecular formula is C27H44O5S. The van der Waals surface area contributed by atoms with Crippen molar-refractivity contribution in [2.24, 2.45) is 5.92 Å². The highest BCUT2D eigenvalue weighted by molar-refractivity contribution is 7.99. The first-order valence-electron chi connectivity index (χ1n) is 13.0. The van der Waals surface area contributed by atoms with E-state index in [-0.39, 0.29) is 29.9 Å². The third-order valence-corrected chi connectivity index (χ3v) is 7.59. The van der Waals surface area contributed by atoms with E-state index in [2.05, 4.69) is 13.8 Å². The molecule has 6 heteroatoms. The molecule has 1 fully saturated rings. The second-order valence-corrected chi connectivity index (χ2v) is 11.1. The SMILES string of the molecule is CC1CCCCCCC(OC(=O)CC(C)SCCCC(=O)OCc2ccco2)CCCCC1. The Hall–Kier alpha value is -1.43. The largest absolute Gasteiger partial charge is 0.466 e. The van der Waals surface area contributed by atoms with Crippen molar-refractivity contribution >= 4 is 23.7 Å². The molecule has 0 saturated heterocycles. The van der Waals surface area contributed by atoms with Crippen LogP contribution in [0.2, 0.25) is 0 Å². The Morgan fingerprint density at radius 1 is 1.03 bits per heavy atom. The Labute approximate surface area is 204 Å². The number of carbonyl (C=O) groups is 2. The Morgan fingerprint density at radius 2 is 1.70 bits per heavy atom. The van der Waals surface area contributed by atoms with Crippen LogP contribution in [0.15, 0.2) is 22.8 Å². The smallest absolute Gasteiger partial charge is 0.307 e. The van der Waals surface area contributed by atoms with Gasteiger partial charge in [0.2, 0.25) is 0 Å². The molecule has 3 atom stereocenters. The molecular weight excluding hydrogens is 436 g/mol. The topological polar surface area (TPSA) is 65.7 Å². The van der Waals surface area contributed by atoms with Crippen LogP contribution in [-0.2, 0) is 25.7 Å². The van der Waals surface area contributed by atoms with Crippen LogP contribution < -0.4 is 0 Å². The quantitative estimate of drug-likeness (QED) is 0.256. The minimum Gasteiger partial charge on any atom is -0.466 e. The van der Waals surface area contributed by atoms with Gasteiger partial charge in [0.25, 0.3) is 0 Å². The Bertz CT molecular complexity index is 645. The fraction of sp³-hybridized carbons (Fsp3) is 0.778. The molecule has 0 aliphatic heterocycles. The maximum Gasteiger partial charge on any atom is 0.307 e. The van der Waals surface area contributed by atoms with Gasteiger partial charge in [0.15, 0.2) is 0 Å². The van der Waals surface area contributed by atoms with E-state index in [1.807, 2.05) is 0 Å². The van der Waals surface area contributed by atoms with E-state index in [0.717, 1.165) is 43.8 Å². The van der Waals surface area contributed by atoms with E-state index in [1.54, 1.807) is 30.2 Å². The van der Waals surface area contributed by atoms with E-state index >= 15 is 0 Å². The molecule has 3 unspecified atom stereocenters. The summed E-state index contributed by atoms with van der Waals surface area (Å²) < 4.78 is 16.2. The summed E-state index contributed by atoms with van der Waals surface area (Å²) in [6, 6.07) is 3.56. The Morgan fingerprint density at radius 3 is 2.36 bits per heavy atom. The lowest BCUT2D eigenvalue weighted by atomic mass is 9.97. The van der Waals surface area contributed by atoms with E-state index in [0.29, 0.717) is 18.6 Å². The van der Waals surface area contributed by atoms with Crippen molar-refractivity contribution in [2.45, 2.75) is 122 Å². The van der Waals surface area contributed by atoms with Gasteiger partial charge in [-0.1, -0.05) is 58.8 Å². The lowest BCUT2D eigenvalue weighted by molar-refractivity contribution is -0.150. The minimum absolute atomic E-state index is 0.0733. The van der Waals surface area contributed by atoms with Crippen molar-refractivity contribution in [3.63, 3.8) is 0 Å². The van der Waals surface area contributed by atoms with Crippen LogP contribution in [0.4, 0.5) is 0 Å². The molecule has 1 aromatic heterocycles. The first kappa shape index (κ1) is 27.8. The van der Waals surface area contributed by atoms with Crippen LogP contribution in [0.25, 0.3) is 0 Å². The van der Waals surface area contributed by atoms with Crippen LogP contribution in [-0.4, -0.2) is 29.0 Å². The zero-order valence-electron chi connectivity index (χ0n) is 20.7. The maximum atomic E-state index is 12.5. The third kappa shape index (κ3) is 13.8. The van der Waals surface area contributed by atoms with Crippen molar-refractivity contribution in [2.75, 3.05) is 5.75 Å². The normalized spacial score (nSPS) is 21.8. The van der Waals surface area contributed by atoms with Gasteiger partial charge in [0, 0.05) is 11.7 Å². The number of esters is 2. The highest BCUT2D eigenvalue weighted by Gasteiger charge is 2.18. The van der Waals surface area contributed by atoms with Crippen LogP contribution in [0, 0.1) is 5.92 Å². The monoisotopic (exact) mass is 480 g/mol. The molecule has 0 N–H and O–H groups in total. The molecule has 0 amide bonds. The molecule has 0 bridgehead atoms. The van der Waals surface area contributed by atoms with E-state index in [4.69, 9.17) is 13.9 Å². The molecule has 1 aliphatic carbocycles. The zero-order chi connectivity index (χ0) is 23.7. The molecule has 2 rings (SSSR count). The highest BCUT2D eigenvalue weighted by Crippen LogP contribution is 2.23. The van der Waals surface area contributed by atoms with Crippen molar-refractivity contribution in [1.29, 1.82) is 0 Å². The van der Waals surface area contributed by atoms with Crippen molar-refractivity contribution < 1.29 is 23.5 Å². The number of hydrogen-bond donors (Lipinski definition) is 0. The predicted octanol–water partition coefficient (Wildman–Crippen LogP) is 7.47. The van der Waals surface area contributed by atoms with Crippen molar-refractivity contribution in [3.8, 4) is 0 Å². The van der Waals surface area contributed by atoms with Gasteiger partial charge in [-0.15, -0.1) is 0 Å². The molecule has 1 aromatic rings. The minimum atomic E-state index is -0.216. The number of ether oxygens (including phenoxy) is 2. The van der Waals surface area contributed by atoms with Gasteiger partial charge in [0.1, 0.15) is 18.5 Å². The van der Waals surface area contributed by atoms with Crippen molar-refractivity contribution in [1.82, 2.24) is 0 Å². The molecule has 0 spiro atoms. The van der Waals surface area contributed by atoms with E-state index in [9.17, 15) is 9.59 Å². The molecule has 1 aliphatic rings. The van der Waals surface area contributed by atoms with Gasteiger partial charge in [-0.25, -0.2) is 0 Å². The fourth-order valence-electron chi connectivity index (χ4n) is 4.31. The second kappa shape index (κ2) is 17.1. The van der Waals surface area contributed by atoms with E-state index < -0.39 is 0 Å². The molecule has 33 heavy (non-hydrogen) atoms. The lowest BCUT2D eigenvalue weighted by Gasteiger charge is -2.19. The van der Waals surface area contributed by atoms with Gasteiger partial charge in [-0.05, 0) is 55.9 Å². The third-order valence-electron chi connectivity index (χ3n) is 6.33. The average molecular weight is 481 g/mol. The average Bonchev–Trinajstić information content (AvgIpc) is 3.30. The summed E-state index contributed by atoms with van der Waals surface area (Å²) in [5, 5.41) is 0.188. The number of hydrogen-bond acceptors (Lipinski definition) is 6. The number of thioether (sulfide) groups is 1. The van der Waals surface area contributed by atoms with Gasteiger partial charge in [-0.2, -0.15) is 11.8 Å². The summed E-state index contributed by atoms with van der Waals surface area (Å²) in [5.74, 6) is 2.04. The van der Waals surface area contributed by atoms with Crippen LogP contribution in [0.3, 0.4) is 0 Å². The van der Waals surface area contributed by atoms with E-state index in [1.165, 1.54) is 44.9 Å². The predicted molar refractivity (Wildman–Crippen MR) is 134 cm³/mol. The summed E-state index contributed by atoms with van der Waals surface area (Å²) >= 11 is 1.72. The molecule has 1 saturated carbocycles. The second-order valence-electron chi connectivity index (χ2n) is 9.58. The Kier molecular flexibility index (Phi) is 14.4. The maximum absolute atomic E-state index is 12.5. The summed E-state index contributed by atoms with van der Waals surface area (Å²) in [6.45, 7) is 4.63. The fourth-order valence-corrected chi connectivity index (χ4v) is 5.28. The molecule has 188 valence electrons. The number of carbonyl (C=O) groups excluding carboxylic acids is 2. The van der Waals surface area contributed by atoms with Crippen LogP contribution in [0.1, 0.15) is 109 Å². The first-order valence-corrected chi connectivity index (χ1v) is 14.1. The summed E-state index contributed by atoms with van der Waals surface area (Å²) in [4.78, 5) is 24.3. The summed E-state index contributed by atoms with van der Waals surface area (Å²) in [7, 11) is 0. The van der Waals surface area contributed by atoms with Gasteiger partial charge >= 0.3 is 11.9 Å². The number of rotatable bonds is 10. The lowest BCUT2D eigenvalue weighted by Crippen LogP contribution is -2.20. The molecule has 0 aromatic carbocycles. The molecule has 1 heterocycles. The summed E-state index contributed by atoms with van der Waals surface area (Å²) in [6.07, 6.45) is 16.6. The zero-order valence-corrected chi connectivity index (χ0v) is 21.5. The van der Waals surface area contributed by atoms with Crippen LogP contribution >= 0.6 is 11.8 Å². The highest BCUT2D eigenvalue weighted by atomic mass is 32.2. The number of furan rings is 1. The van der Waals surface area contributed by atoms with Crippen LogP contribution in [0.5, 0.6) is 0 Å².